The van der Waals surface area contributed by atoms with E-state index in [9.17, 15) is 4.79 Å². The van der Waals surface area contributed by atoms with Gasteiger partial charge in [0.15, 0.2) is 0 Å². The molecule has 0 bridgehead atoms. The van der Waals surface area contributed by atoms with Crippen LogP contribution in [0.1, 0.15) is 30.5 Å². The van der Waals surface area contributed by atoms with Crippen molar-refractivity contribution in [1.82, 2.24) is 15.6 Å². The normalized spacial score (nSPS) is 19.5. The lowest BCUT2D eigenvalue weighted by Crippen LogP contribution is -2.34. The van der Waals surface area contributed by atoms with Gasteiger partial charge in [0.2, 0.25) is 5.91 Å². The van der Waals surface area contributed by atoms with Gasteiger partial charge in [-0.25, -0.2) is 0 Å². The zero-order chi connectivity index (χ0) is 12.8. The Morgan fingerprint density at radius 2 is 2.44 bits per heavy atom. The second-order valence-corrected chi connectivity index (χ2v) is 5.00. The van der Waals surface area contributed by atoms with Gasteiger partial charge in [0.1, 0.15) is 0 Å². The number of aromatic nitrogens is 1. The van der Waals surface area contributed by atoms with Crippen molar-refractivity contribution in [2.45, 2.75) is 32.7 Å². The quantitative estimate of drug-likeness (QED) is 0.845. The fourth-order valence-corrected chi connectivity index (χ4v) is 2.24. The van der Waals surface area contributed by atoms with E-state index >= 15 is 0 Å². The molecule has 1 aromatic heterocycles. The smallest absolute Gasteiger partial charge is 0.220 e. The number of hydrogen-bond donors (Lipinski definition) is 2. The first-order valence-electron chi connectivity index (χ1n) is 6.63. The number of hydrogen-bond acceptors (Lipinski definition) is 3. The molecule has 2 heterocycles. The number of carbonyl (C=O) groups excluding carboxylic acids is 1. The minimum Gasteiger partial charge on any atom is -0.352 e. The van der Waals surface area contributed by atoms with Gasteiger partial charge in [-0.15, -0.1) is 0 Å². The molecule has 18 heavy (non-hydrogen) atoms. The molecule has 0 aromatic carbocycles. The molecule has 0 radical (unpaired) electrons. The summed E-state index contributed by atoms with van der Waals surface area (Å²) in [5.41, 5.74) is 2.05. The van der Waals surface area contributed by atoms with Crippen LogP contribution in [-0.4, -0.2) is 24.0 Å². The SMILES string of the molecule is Cc1ccc(CNC(=O)CC2CCCNC2)cn1. The molecule has 0 saturated carbocycles. The molecule has 1 aromatic rings. The first-order chi connectivity index (χ1) is 8.74. The number of amides is 1. The fourth-order valence-electron chi connectivity index (χ4n) is 2.24. The van der Waals surface area contributed by atoms with Crippen molar-refractivity contribution in [3.63, 3.8) is 0 Å². The summed E-state index contributed by atoms with van der Waals surface area (Å²) in [4.78, 5) is 16.0. The number of aryl methyl sites for hydroxylation is 1. The van der Waals surface area contributed by atoms with E-state index in [1.54, 1.807) is 0 Å². The van der Waals surface area contributed by atoms with Crippen LogP contribution in [-0.2, 0) is 11.3 Å². The maximum Gasteiger partial charge on any atom is 0.220 e. The minimum atomic E-state index is 0.143. The van der Waals surface area contributed by atoms with Gasteiger partial charge in [0.05, 0.1) is 0 Å². The van der Waals surface area contributed by atoms with Gasteiger partial charge in [0, 0.05) is 24.9 Å². The van der Waals surface area contributed by atoms with E-state index in [0.717, 1.165) is 30.8 Å². The molecule has 0 spiro atoms. The standard InChI is InChI=1S/C14H21N3O/c1-11-4-5-13(9-16-11)10-17-14(18)7-12-3-2-6-15-8-12/h4-5,9,12,15H,2-3,6-8,10H2,1H3,(H,17,18). The molecule has 0 aliphatic carbocycles. The van der Waals surface area contributed by atoms with Crippen LogP contribution in [0.25, 0.3) is 0 Å². The average molecular weight is 247 g/mol. The summed E-state index contributed by atoms with van der Waals surface area (Å²) >= 11 is 0. The molecule has 1 amide bonds. The summed E-state index contributed by atoms with van der Waals surface area (Å²) in [6.07, 6.45) is 4.79. The van der Waals surface area contributed by atoms with Crippen LogP contribution in [0.3, 0.4) is 0 Å². The van der Waals surface area contributed by atoms with Crippen LogP contribution in [0.4, 0.5) is 0 Å². The highest BCUT2D eigenvalue weighted by Crippen LogP contribution is 2.13. The van der Waals surface area contributed by atoms with Crippen molar-refractivity contribution in [2.24, 2.45) is 5.92 Å². The summed E-state index contributed by atoms with van der Waals surface area (Å²) in [6, 6.07) is 3.97. The van der Waals surface area contributed by atoms with E-state index in [2.05, 4.69) is 15.6 Å². The number of nitrogens with one attached hydrogen (secondary N) is 2. The highest BCUT2D eigenvalue weighted by Gasteiger charge is 2.16. The summed E-state index contributed by atoms with van der Waals surface area (Å²) in [6.45, 7) is 4.59. The first-order valence-corrected chi connectivity index (χ1v) is 6.63. The highest BCUT2D eigenvalue weighted by atomic mass is 16.1. The summed E-state index contributed by atoms with van der Waals surface area (Å²) < 4.78 is 0. The second kappa shape index (κ2) is 6.50. The zero-order valence-corrected chi connectivity index (χ0v) is 10.9. The molecule has 2 N–H and O–H groups in total. The molecule has 1 atom stereocenters. The Morgan fingerprint density at radius 3 is 3.11 bits per heavy atom. The molecule has 1 saturated heterocycles. The van der Waals surface area contributed by atoms with E-state index in [1.807, 2.05) is 25.3 Å². The first kappa shape index (κ1) is 13.0. The Balaban J connectivity index is 1.72. The number of pyridine rings is 1. The molecule has 1 unspecified atom stereocenters. The lowest BCUT2D eigenvalue weighted by atomic mass is 9.96. The van der Waals surface area contributed by atoms with Crippen molar-refractivity contribution in [2.75, 3.05) is 13.1 Å². The predicted octanol–water partition coefficient (Wildman–Crippen LogP) is 1.40. The summed E-state index contributed by atoms with van der Waals surface area (Å²) in [7, 11) is 0. The minimum absolute atomic E-state index is 0.143. The van der Waals surface area contributed by atoms with Gasteiger partial charge in [-0.3, -0.25) is 9.78 Å². The van der Waals surface area contributed by atoms with Crippen molar-refractivity contribution < 1.29 is 4.79 Å². The number of piperidine rings is 1. The molecule has 1 fully saturated rings. The van der Waals surface area contributed by atoms with E-state index in [1.165, 1.54) is 6.42 Å². The molecule has 2 rings (SSSR count). The van der Waals surface area contributed by atoms with Crippen LogP contribution in [0.2, 0.25) is 0 Å². The van der Waals surface area contributed by atoms with Gasteiger partial charge >= 0.3 is 0 Å². The summed E-state index contributed by atoms with van der Waals surface area (Å²) in [5.74, 6) is 0.638. The Labute approximate surface area is 108 Å². The molecule has 4 heteroatoms. The largest absolute Gasteiger partial charge is 0.352 e. The van der Waals surface area contributed by atoms with Crippen molar-refractivity contribution >= 4 is 5.91 Å². The van der Waals surface area contributed by atoms with E-state index in [0.29, 0.717) is 18.9 Å². The number of carbonyl (C=O) groups is 1. The lowest BCUT2D eigenvalue weighted by molar-refractivity contribution is -0.122. The van der Waals surface area contributed by atoms with E-state index < -0.39 is 0 Å². The topological polar surface area (TPSA) is 54.0 Å². The Bertz CT molecular complexity index is 383. The van der Waals surface area contributed by atoms with E-state index in [4.69, 9.17) is 0 Å². The molecule has 1 aliphatic heterocycles. The summed E-state index contributed by atoms with van der Waals surface area (Å²) in [5, 5.41) is 6.29. The van der Waals surface area contributed by atoms with Gasteiger partial charge in [-0.05, 0) is 50.4 Å². The number of rotatable bonds is 4. The Hall–Kier alpha value is -1.42. The highest BCUT2D eigenvalue weighted by molar-refractivity contribution is 5.76. The maximum absolute atomic E-state index is 11.8. The third-order valence-corrected chi connectivity index (χ3v) is 3.34. The third kappa shape index (κ3) is 4.11. The maximum atomic E-state index is 11.8. The van der Waals surface area contributed by atoms with Crippen LogP contribution in [0.15, 0.2) is 18.3 Å². The molecule has 98 valence electrons. The zero-order valence-electron chi connectivity index (χ0n) is 10.9. The number of nitrogens with zero attached hydrogens (tertiary/aromatic N) is 1. The van der Waals surface area contributed by atoms with Gasteiger partial charge in [-0.1, -0.05) is 6.07 Å². The third-order valence-electron chi connectivity index (χ3n) is 3.34. The van der Waals surface area contributed by atoms with Gasteiger partial charge in [-0.2, -0.15) is 0 Å². The monoisotopic (exact) mass is 247 g/mol. The van der Waals surface area contributed by atoms with Crippen LogP contribution < -0.4 is 10.6 Å². The van der Waals surface area contributed by atoms with Gasteiger partial charge in [0.25, 0.3) is 0 Å². The fraction of sp³-hybridized carbons (Fsp3) is 0.571. The van der Waals surface area contributed by atoms with Crippen molar-refractivity contribution in [3.05, 3.63) is 29.6 Å². The predicted molar refractivity (Wildman–Crippen MR) is 71.0 cm³/mol. The molecular formula is C14H21N3O. The lowest BCUT2D eigenvalue weighted by Gasteiger charge is -2.22. The van der Waals surface area contributed by atoms with E-state index in [-0.39, 0.29) is 5.91 Å². The van der Waals surface area contributed by atoms with Crippen molar-refractivity contribution in [1.29, 1.82) is 0 Å². The van der Waals surface area contributed by atoms with Crippen molar-refractivity contribution in [3.8, 4) is 0 Å². The Kier molecular flexibility index (Phi) is 4.70. The van der Waals surface area contributed by atoms with Crippen LogP contribution in [0, 0.1) is 12.8 Å². The van der Waals surface area contributed by atoms with Gasteiger partial charge < -0.3 is 10.6 Å². The Morgan fingerprint density at radius 1 is 1.56 bits per heavy atom. The molecular weight excluding hydrogens is 226 g/mol. The average Bonchev–Trinajstić information content (AvgIpc) is 2.39. The molecule has 1 aliphatic rings. The van der Waals surface area contributed by atoms with Crippen LogP contribution >= 0.6 is 0 Å². The molecule has 4 nitrogen and oxygen atoms in total. The second-order valence-electron chi connectivity index (χ2n) is 5.00. The van der Waals surface area contributed by atoms with Crippen LogP contribution in [0.5, 0.6) is 0 Å².